The summed E-state index contributed by atoms with van der Waals surface area (Å²) in [6, 6.07) is 0. The lowest BCUT2D eigenvalue weighted by atomic mass is 9.50. The van der Waals surface area contributed by atoms with Crippen molar-refractivity contribution in [3.63, 3.8) is 0 Å². The molecule has 5 aliphatic rings. The van der Waals surface area contributed by atoms with Crippen LogP contribution >= 0.6 is 0 Å². The zero-order valence-corrected chi connectivity index (χ0v) is 20.1. The van der Waals surface area contributed by atoms with Gasteiger partial charge in [-0.15, -0.1) is 0 Å². The third-order valence-corrected chi connectivity index (χ3v) is 10.0. The maximum absolute atomic E-state index is 11.5. The van der Waals surface area contributed by atoms with E-state index in [1.807, 2.05) is 0 Å². The summed E-state index contributed by atoms with van der Waals surface area (Å²) in [5.41, 5.74) is 4.83. The van der Waals surface area contributed by atoms with Crippen molar-refractivity contribution in [3.8, 4) is 0 Å². The van der Waals surface area contributed by atoms with E-state index in [1.54, 1.807) is 5.57 Å². The third kappa shape index (κ3) is 3.38. The maximum atomic E-state index is 11.5. The number of rotatable bonds is 4. The summed E-state index contributed by atoms with van der Waals surface area (Å²) in [5.74, 6) is 2.13. The molecule has 32 heavy (non-hydrogen) atoms. The number of nitrogens with zero attached hydrogens (tertiary/aromatic N) is 1. The van der Waals surface area contributed by atoms with Crippen molar-refractivity contribution in [2.45, 2.75) is 91.3 Å². The van der Waals surface area contributed by atoms with Gasteiger partial charge in [0, 0.05) is 25.7 Å². The van der Waals surface area contributed by atoms with E-state index in [4.69, 9.17) is 9.57 Å². The number of hydrogen-bond acceptors (Lipinski definition) is 5. The van der Waals surface area contributed by atoms with Crippen LogP contribution in [0.3, 0.4) is 0 Å². The zero-order valence-electron chi connectivity index (χ0n) is 20.1. The van der Waals surface area contributed by atoms with Gasteiger partial charge in [-0.05, 0) is 67.1 Å². The van der Waals surface area contributed by atoms with Crippen LogP contribution in [0.25, 0.3) is 0 Å². The Morgan fingerprint density at radius 3 is 2.72 bits per heavy atom. The van der Waals surface area contributed by atoms with Crippen LogP contribution in [-0.4, -0.2) is 35.6 Å². The molecule has 3 fully saturated rings. The second-order valence-electron chi connectivity index (χ2n) is 11.6. The second kappa shape index (κ2) is 8.00. The van der Waals surface area contributed by atoms with E-state index in [-0.39, 0.29) is 30.2 Å². The van der Waals surface area contributed by atoms with E-state index < -0.39 is 0 Å². The van der Waals surface area contributed by atoms with E-state index >= 15 is 0 Å². The van der Waals surface area contributed by atoms with Crippen molar-refractivity contribution < 1.29 is 19.5 Å². The molecule has 3 saturated carbocycles. The minimum atomic E-state index is -0.159. The number of aliphatic hydroxyl groups is 1. The number of carbonyl (C=O) groups is 1. The van der Waals surface area contributed by atoms with Crippen molar-refractivity contribution in [2.75, 3.05) is 6.61 Å². The molecule has 0 saturated heterocycles. The van der Waals surface area contributed by atoms with Crippen LogP contribution in [0.1, 0.15) is 79.1 Å². The highest BCUT2D eigenvalue weighted by molar-refractivity contribution is 5.87. The van der Waals surface area contributed by atoms with Crippen LogP contribution in [0.5, 0.6) is 0 Å². The Bertz CT molecular complexity index is 875. The molecule has 0 aromatic rings. The molecule has 0 aromatic heterocycles. The van der Waals surface area contributed by atoms with E-state index in [1.165, 1.54) is 38.2 Å². The third-order valence-electron chi connectivity index (χ3n) is 10.0. The molecule has 0 bridgehead atoms. The normalized spacial score (nSPS) is 43.7. The molecule has 5 nitrogen and oxygen atoms in total. The number of aliphatic hydroxyl groups excluding tert-OH is 1. The van der Waals surface area contributed by atoms with Gasteiger partial charge in [-0.1, -0.05) is 49.2 Å². The number of ether oxygens (including phenoxy) is 1. The molecule has 5 rings (SSSR count). The Hall–Kier alpha value is -1.62. The summed E-state index contributed by atoms with van der Waals surface area (Å²) in [7, 11) is 0. The molecule has 5 heteroatoms. The highest BCUT2D eigenvalue weighted by atomic mass is 16.6. The van der Waals surface area contributed by atoms with Crippen molar-refractivity contribution in [1.29, 1.82) is 0 Å². The standard InChI is InChI=1S/C27H39NO4/c1-16(25-14-20(15-29)32-28-25)22-7-8-23-21-6-5-18-13-19(31-17(2)30)9-11-26(18,3)24(21)10-12-27(22,23)4/h5-6,16,19-20,22-24,29H,7-15H2,1-4H3/t16-,19-,20?,22+,23-,24-,26-,27+/m0/s1. The lowest BCUT2D eigenvalue weighted by Crippen LogP contribution is -2.47. The van der Waals surface area contributed by atoms with E-state index in [2.05, 4.69) is 38.1 Å². The van der Waals surface area contributed by atoms with Gasteiger partial charge >= 0.3 is 5.97 Å². The first-order chi connectivity index (χ1) is 15.3. The van der Waals surface area contributed by atoms with Gasteiger partial charge in [-0.3, -0.25) is 4.79 Å². The van der Waals surface area contributed by atoms with Crippen LogP contribution in [0, 0.1) is 34.5 Å². The molecule has 8 atom stereocenters. The molecule has 4 aliphatic carbocycles. The fourth-order valence-corrected chi connectivity index (χ4v) is 8.22. The number of oxime groups is 1. The SMILES string of the molecule is CC(=O)O[C@H]1CC[C@@]2(C)C(=CC=C3[C@@H]4CC[C@H]([C@H](C)C5=NOC(CO)C5)[C@@]4(C)CC[C@@H]32)C1. The molecule has 0 radical (unpaired) electrons. The van der Waals surface area contributed by atoms with E-state index in [0.29, 0.717) is 29.1 Å². The van der Waals surface area contributed by atoms with Gasteiger partial charge in [0.1, 0.15) is 6.10 Å². The largest absolute Gasteiger partial charge is 0.462 e. The molecular formula is C27H39NO4. The summed E-state index contributed by atoms with van der Waals surface area (Å²) < 4.78 is 5.57. The monoisotopic (exact) mass is 441 g/mol. The van der Waals surface area contributed by atoms with Crippen LogP contribution in [0.4, 0.5) is 0 Å². The number of esters is 1. The molecule has 0 aromatic carbocycles. The molecule has 1 aliphatic heterocycles. The van der Waals surface area contributed by atoms with Gasteiger partial charge in [-0.2, -0.15) is 0 Å². The molecule has 0 spiro atoms. The smallest absolute Gasteiger partial charge is 0.302 e. The molecule has 1 heterocycles. The fourth-order valence-electron chi connectivity index (χ4n) is 8.22. The molecular weight excluding hydrogens is 402 g/mol. The van der Waals surface area contributed by atoms with Crippen LogP contribution < -0.4 is 0 Å². The maximum Gasteiger partial charge on any atom is 0.302 e. The summed E-state index contributed by atoms with van der Waals surface area (Å²) in [4.78, 5) is 16.9. The van der Waals surface area contributed by atoms with Crippen LogP contribution in [0.2, 0.25) is 0 Å². The Morgan fingerprint density at radius 1 is 1.19 bits per heavy atom. The number of hydrogen-bond donors (Lipinski definition) is 1. The predicted octanol–water partition coefficient (Wildman–Crippen LogP) is 5.19. The first-order valence-electron chi connectivity index (χ1n) is 12.7. The lowest BCUT2D eigenvalue weighted by molar-refractivity contribution is -0.148. The van der Waals surface area contributed by atoms with Gasteiger partial charge in [0.2, 0.25) is 0 Å². The fraction of sp³-hybridized carbons (Fsp3) is 0.778. The molecule has 1 N–H and O–H groups in total. The first kappa shape index (κ1) is 22.2. The predicted molar refractivity (Wildman–Crippen MR) is 124 cm³/mol. The molecule has 1 unspecified atom stereocenters. The van der Waals surface area contributed by atoms with E-state index in [9.17, 15) is 9.90 Å². The van der Waals surface area contributed by atoms with Gasteiger partial charge < -0.3 is 14.7 Å². The Kier molecular flexibility index (Phi) is 5.55. The van der Waals surface area contributed by atoms with Crippen LogP contribution in [-0.2, 0) is 14.4 Å². The van der Waals surface area contributed by atoms with Gasteiger partial charge in [-0.25, -0.2) is 0 Å². The number of allylic oxidation sites excluding steroid dienone is 3. The zero-order chi connectivity index (χ0) is 22.7. The summed E-state index contributed by atoms with van der Waals surface area (Å²) in [6.45, 7) is 8.90. The summed E-state index contributed by atoms with van der Waals surface area (Å²) >= 11 is 0. The van der Waals surface area contributed by atoms with Crippen LogP contribution in [0.15, 0.2) is 28.5 Å². The highest BCUT2D eigenvalue weighted by Gasteiger charge is 2.57. The highest BCUT2D eigenvalue weighted by Crippen LogP contribution is 2.66. The average Bonchev–Trinajstić information content (AvgIpc) is 3.37. The second-order valence-corrected chi connectivity index (χ2v) is 11.6. The van der Waals surface area contributed by atoms with Gasteiger partial charge in [0.25, 0.3) is 0 Å². The van der Waals surface area contributed by atoms with Crippen molar-refractivity contribution >= 4 is 11.7 Å². The lowest BCUT2D eigenvalue weighted by Gasteiger charge is -2.55. The Balaban J connectivity index is 1.37. The quantitative estimate of drug-likeness (QED) is 0.610. The Morgan fingerprint density at radius 2 is 2.00 bits per heavy atom. The van der Waals surface area contributed by atoms with Gasteiger partial charge in [0.05, 0.1) is 12.3 Å². The molecule has 0 amide bonds. The van der Waals surface area contributed by atoms with E-state index in [0.717, 1.165) is 31.4 Å². The first-order valence-corrected chi connectivity index (χ1v) is 12.7. The summed E-state index contributed by atoms with van der Waals surface area (Å²) in [6.07, 6.45) is 13.5. The van der Waals surface area contributed by atoms with Crippen molar-refractivity contribution in [3.05, 3.63) is 23.3 Å². The van der Waals surface area contributed by atoms with Gasteiger partial charge in [0.15, 0.2) is 6.10 Å². The minimum absolute atomic E-state index is 0.0458. The Labute approximate surface area is 192 Å². The molecule has 176 valence electrons. The number of carbonyl (C=O) groups excluding carboxylic acids is 1. The minimum Gasteiger partial charge on any atom is -0.462 e. The van der Waals surface area contributed by atoms with Crippen molar-refractivity contribution in [2.24, 2.45) is 39.7 Å². The summed E-state index contributed by atoms with van der Waals surface area (Å²) in [5, 5.41) is 13.8. The topological polar surface area (TPSA) is 68.1 Å². The number of fused-ring (bicyclic) bond motifs is 5. The average molecular weight is 442 g/mol. The van der Waals surface area contributed by atoms with Crippen molar-refractivity contribution in [1.82, 2.24) is 0 Å².